The van der Waals surface area contributed by atoms with E-state index in [4.69, 9.17) is 9.15 Å². The molecule has 1 aliphatic rings. The Hall–Kier alpha value is -3.00. The first-order valence-corrected chi connectivity index (χ1v) is 8.82. The molecule has 0 aromatic carbocycles. The molecule has 0 aliphatic carbocycles. The van der Waals surface area contributed by atoms with Gasteiger partial charge >= 0.3 is 0 Å². The first-order chi connectivity index (χ1) is 13.1. The fraction of sp³-hybridized carbons (Fsp3) is 0.368. The number of rotatable bonds is 5. The summed E-state index contributed by atoms with van der Waals surface area (Å²) in [7, 11) is 1.87. The number of amides is 1. The highest BCUT2D eigenvalue weighted by molar-refractivity contribution is 5.91. The molecule has 0 saturated carbocycles. The Bertz CT molecular complexity index is 934. The Morgan fingerprint density at radius 2 is 2.11 bits per heavy atom. The van der Waals surface area contributed by atoms with Crippen LogP contribution in [0.2, 0.25) is 0 Å². The molecule has 4 rings (SSSR count). The second kappa shape index (κ2) is 7.32. The number of fused-ring (bicyclic) bond motifs is 1. The van der Waals surface area contributed by atoms with E-state index in [1.165, 1.54) is 0 Å². The first kappa shape index (κ1) is 17.4. The van der Waals surface area contributed by atoms with E-state index in [1.807, 2.05) is 26.1 Å². The van der Waals surface area contributed by atoms with Crippen molar-refractivity contribution in [1.82, 2.24) is 24.9 Å². The van der Waals surface area contributed by atoms with Gasteiger partial charge in [0.05, 0.1) is 25.5 Å². The van der Waals surface area contributed by atoms with Crippen LogP contribution in [0.3, 0.4) is 0 Å². The molecule has 0 bridgehead atoms. The topological polar surface area (TPSA) is 86.3 Å². The van der Waals surface area contributed by atoms with Gasteiger partial charge in [-0.15, -0.1) is 5.10 Å². The Morgan fingerprint density at radius 1 is 1.30 bits per heavy atom. The summed E-state index contributed by atoms with van der Waals surface area (Å²) in [5.74, 6) is 0.915. The van der Waals surface area contributed by atoms with Gasteiger partial charge in [-0.05, 0) is 36.8 Å². The molecule has 3 aromatic heterocycles. The minimum Gasteiger partial charge on any atom is -0.456 e. The standard InChI is InChI=1S/C19H21N5O3/c1-13-3-4-17(27-13)19(25)24-9-15(18-16(10-24)21-22-23(18)2)12-26-11-14-5-7-20-8-6-14/h3-8,15H,9-12H2,1-2H3. The number of carbonyl (C=O) groups is 1. The maximum absolute atomic E-state index is 12.8. The number of ether oxygens (including phenoxy) is 1. The third-order valence-corrected chi connectivity index (χ3v) is 4.69. The molecular formula is C19H21N5O3. The van der Waals surface area contributed by atoms with E-state index in [1.54, 1.807) is 34.1 Å². The average molecular weight is 367 g/mol. The van der Waals surface area contributed by atoms with Gasteiger partial charge < -0.3 is 14.1 Å². The lowest BCUT2D eigenvalue weighted by Gasteiger charge is -2.31. The molecule has 8 nitrogen and oxygen atoms in total. The summed E-state index contributed by atoms with van der Waals surface area (Å²) in [4.78, 5) is 18.6. The molecule has 3 aromatic rings. The number of nitrogens with zero attached hydrogens (tertiary/aromatic N) is 5. The Labute approximate surface area is 156 Å². The molecule has 140 valence electrons. The van der Waals surface area contributed by atoms with Crippen molar-refractivity contribution in [3.05, 3.63) is 65.1 Å². The molecule has 0 N–H and O–H groups in total. The fourth-order valence-electron chi connectivity index (χ4n) is 3.41. The lowest BCUT2D eigenvalue weighted by Crippen LogP contribution is -2.40. The van der Waals surface area contributed by atoms with Gasteiger partial charge in [0.1, 0.15) is 11.5 Å². The average Bonchev–Trinajstić information content (AvgIpc) is 3.28. The Morgan fingerprint density at radius 3 is 2.85 bits per heavy atom. The molecule has 0 fully saturated rings. The zero-order valence-electron chi connectivity index (χ0n) is 15.3. The Kier molecular flexibility index (Phi) is 4.72. The second-order valence-corrected chi connectivity index (χ2v) is 6.71. The van der Waals surface area contributed by atoms with E-state index in [0.29, 0.717) is 37.8 Å². The van der Waals surface area contributed by atoms with E-state index in [0.717, 1.165) is 17.0 Å². The van der Waals surface area contributed by atoms with Gasteiger partial charge in [-0.2, -0.15) is 0 Å². The highest BCUT2D eigenvalue weighted by Gasteiger charge is 2.33. The van der Waals surface area contributed by atoms with Gasteiger partial charge in [-0.1, -0.05) is 5.21 Å². The predicted octanol–water partition coefficient (Wildman–Crippen LogP) is 2.07. The minimum atomic E-state index is -0.140. The predicted molar refractivity (Wildman–Crippen MR) is 95.8 cm³/mol. The summed E-state index contributed by atoms with van der Waals surface area (Å²) in [6.07, 6.45) is 3.49. The molecule has 0 saturated heterocycles. The summed E-state index contributed by atoms with van der Waals surface area (Å²) in [6.45, 7) is 3.73. The van der Waals surface area contributed by atoms with Crippen molar-refractivity contribution in [1.29, 1.82) is 0 Å². The third-order valence-electron chi connectivity index (χ3n) is 4.69. The van der Waals surface area contributed by atoms with Crippen LogP contribution in [0.15, 0.2) is 41.1 Å². The SMILES string of the molecule is Cc1ccc(C(=O)N2Cc3nnn(C)c3C(COCc3ccncc3)C2)o1. The van der Waals surface area contributed by atoms with Crippen molar-refractivity contribution >= 4 is 5.91 Å². The lowest BCUT2D eigenvalue weighted by atomic mass is 9.98. The summed E-state index contributed by atoms with van der Waals surface area (Å²) in [5.41, 5.74) is 2.88. The van der Waals surface area contributed by atoms with E-state index < -0.39 is 0 Å². The van der Waals surface area contributed by atoms with Crippen LogP contribution in [0.5, 0.6) is 0 Å². The third kappa shape index (κ3) is 3.61. The smallest absolute Gasteiger partial charge is 0.289 e. The molecular weight excluding hydrogens is 346 g/mol. The number of aromatic nitrogens is 4. The molecule has 1 unspecified atom stereocenters. The van der Waals surface area contributed by atoms with E-state index in [9.17, 15) is 4.79 Å². The highest BCUT2D eigenvalue weighted by atomic mass is 16.5. The monoisotopic (exact) mass is 367 g/mol. The van der Waals surface area contributed by atoms with Gasteiger partial charge in [0.15, 0.2) is 5.76 Å². The lowest BCUT2D eigenvalue weighted by molar-refractivity contribution is 0.0580. The van der Waals surface area contributed by atoms with Gasteiger partial charge in [-0.25, -0.2) is 0 Å². The van der Waals surface area contributed by atoms with E-state index >= 15 is 0 Å². The van der Waals surface area contributed by atoms with Crippen LogP contribution < -0.4 is 0 Å². The molecule has 8 heteroatoms. The summed E-state index contributed by atoms with van der Waals surface area (Å²) < 4.78 is 13.2. The van der Waals surface area contributed by atoms with Crippen LogP contribution in [0.1, 0.15) is 39.2 Å². The van der Waals surface area contributed by atoms with Crippen LogP contribution in [0, 0.1) is 6.92 Å². The minimum absolute atomic E-state index is 0.00408. The van der Waals surface area contributed by atoms with Crippen molar-refractivity contribution in [3.8, 4) is 0 Å². The van der Waals surface area contributed by atoms with Crippen molar-refractivity contribution in [2.24, 2.45) is 7.05 Å². The molecule has 1 amide bonds. The summed E-state index contributed by atoms with van der Waals surface area (Å²) in [5, 5.41) is 8.36. The normalized spacial score (nSPS) is 16.4. The van der Waals surface area contributed by atoms with Crippen molar-refractivity contribution in [2.75, 3.05) is 13.2 Å². The number of pyridine rings is 1. The second-order valence-electron chi connectivity index (χ2n) is 6.71. The summed E-state index contributed by atoms with van der Waals surface area (Å²) in [6, 6.07) is 7.35. The number of aryl methyl sites for hydroxylation is 2. The van der Waals surface area contributed by atoms with Crippen LogP contribution in [-0.4, -0.2) is 43.9 Å². The molecule has 1 atom stereocenters. The zero-order valence-corrected chi connectivity index (χ0v) is 15.3. The largest absolute Gasteiger partial charge is 0.456 e. The van der Waals surface area contributed by atoms with Gasteiger partial charge in [0.2, 0.25) is 0 Å². The number of furan rings is 1. The van der Waals surface area contributed by atoms with Gasteiger partial charge in [0.25, 0.3) is 5.91 Å². The van der Waals surface area contributed by atoms with Crippen molar-refractivity contribution < 1.29 is 13.9 Å². The molecule has 1 aliphatic heterocycles. The zero-order chi connectivity index (χ0) is 18.8. The fourth-order valence-corrected chi connectivity index (χ4v) is 3.41. The maximum atomic E-state index is 12.8. The van der Waals surface area contributed by atoms with Crippen LogP contribution in [-0.2, 0) is 24.9 Å². The van der Waals surface area contributed by atoms with Crippen LogP contribution >= 0.6 is 0 Å². The van der Waals surface area contributed by atoms with Crippen LogP contribution in [0.25, 0.3) is 0 Å². The van der Waals surface area contributed by atoms with Crippen molar-refractivity contribution in [2.45, 2.75) is 26.0 Å². The maximum Gasteiger partial charge on any atom is 0.289 e. The van der Waals surface area contributed by atoms with E-state index in [-0.39, 0.29) is 11.8 Å². The van der Waals surface area contributed by atoms with Gasteiger partial charge in [-0.3, -0.25) is 14.5 Å². The molecule has 4 heterocycles. The highest BCUT2D eigenvalue weighted by Crippen LogP contribution is 2.28. The van der Waals surface area contributed by atoms with Crippen molar-refractivity contribution in [3.63, 3.8) is 0 Å². The number of carbonyl (C=O) groups excluding carboxylic acids is 1. The Balaban J connectivity index is 1.49. The molecule has 0 spiro atoms. The first-order valence-electron chi connectivity index (χ1n) is 8.82. The quantitative estimate of drug-likeness (QED) is 0.686. The molecule has 0 radical (unpaired) electrons. The number of hydrogen-bond acceptors (Lipinski definition) is 6. The molecule has 27 heavy (non-hydrogen) atoms. The van der Waals surface area contributed by atoms with Crippen LogP contribution in [0.4, 0.5) is 0 Å². The summed E-state index contributed by atoms with van der Waals surface area (Å²) >= 11 is 0. The van der Waals surface area contributed by atoms with Gasteiger partial charge in [0, 0.05) is 31.9 Å². The number of hydrogen-bond donors (Lipinski definition) is 0. The van der Waals surface area contributed by atoms with E-state index in [2.05, 4.69) is 15.3 Å².